The number of carboxylic acid groups (broad SMARTS) is 1. The topological polar surface area (TPSA) is 91.7 Å². The van der Waals surface area contributed by atoms with Crippen LogP contribution in [0.2, 0.25) is 0 Å². The molecule has 28 heteroatoms. The van der Waals surface area contributed by atoms with Crippen LogP contribution in [0.4, 0.5) is 96.6 Å². The van der Waals surface area contributed by atoms with Crippen molar-refractivity contribution in [3.05, 3.63) is 0 Å². The Morgan fingerprint density at radius 2 is 0.575 bits per heavy atom. The van der Waals surface area contributed by atoms with Gasteiger partial charge in [-0.1, -0.05) is 0 Å². The molecule has 2 N–H and O–H groups in total. The molecule has 0 aliphatic rings. The summed E-state index contributed by atoms with van der Waals surface area (Å²) >= 11 is 0. The van der Waals surface area contributed by atoms with Crippen LogP contribution in [0.1, 0.15) is 0 Å². The lowest BCUT2D eigenvalue weighted by Gasteiger charge is -2.45. The maximum Gasteiger partial charge on any atom is 0.460 e. The van der Waals surface area contributed by atoms with Crippen molar-refractivity contribution in [2.45, 2.75) is 64.5 Å². The Hall–Kier alpha value is -2.16. The molecule has 5 nitrogen and oxygen atoms in total. The molecule has 40 heavy (non-hydrogen) atoms. The maximum absolute atomic E-state index is 13.7. The van der Waals surface area contributed by atoms with Gasteiger partial charge in [-0.05, 0) is 0 Å². The molecule has 0 spiro atoms. The highest BCUT2D eigenvalue weighted by Crippen LogP contribution is 2.67. The van der Waals surface area contributed by atoms with Crippen LogP contribution in [-0.4, -0.2) is 88.5 Å². The molecule has 0 bridgehead atoms. The van der Waals surface area contributed by atoms with Crippen LogP contribution in [0.15, 0.2) is 0 Å². The Labute approximate surface area is 201 Å². The third-order valence-electron chi connectivity index (χ3n) is 4.55. The molecule has 0 heterocycles. The second kappa shape index (κ2) is 8.92. The summed E-state index contributed by atoms with van der Waals surface area (Å²) < 4.78 is 319. The average molecular weight is 676 g/mol. The van der Waals surface area contributed by atoms with Crippen LogP contribution >= 0.6 is 0 Å². The van der Waals surface area contributed by atoms with E-state index in [2.05, 4.69) is 0 Å². The molecule has 0 aliphatic heterocycles. The van der Waals surface area contributed by atoms with Crippen molar-refractivity contribution in [1.82, 2.24) is 0 Å². The highest BCUT2D eigenvalue weighted by molar-refractivity contribution is 7.88. The van der Waals surface area contributed by atoms with E-state index < -0.39 is 80.6 Å². The third-order valence-corrected chi connectivity index (χ3v) is 5.69. The molecule has 0 aromatic heterocycles. The van der Waals surface area contributed by atoms with Gasteiger partial charge in [0.1, 0.15) is 0 Å². The quantitative estimate of drug-likeness (QED) is 0.210. The van der Waals surface area contributed by atoms with E-state index in [9.17, 15) is 110 Å². The zero-order chi connectivity index (χ0) is 33.6. The molecule has 0 aromatic carbocycles. The summed E-state index contributed by atoms with van der Waals surface area (Å²) in [5.41, 5.74) is 0. The molecule has 0 radical (unpaired) electrons. The van der Waals surface area contributed by atoms with Gasteiger partial charge in [-0.2, -0.15) is 101 Å². The van der Waals surface area contributed by atoms with E-state index in [0.717, 1.165) is 0 Å². The lowest BCUT2D eigenvalue weighted by molar-refractivity contribution is -0.475. The number of hydrogen-bond donors (Lipinski definition) is 2. The molecule has 0 fully saturated rings. The average Bonchev–Trinajstić information content (AvgIpc) is 2.69. The Bertz CT molecular complexity index is 1110. The van der Waals surface area contributed by atoms with Crippen LogP contribution in [-0.2, 0) is 14.9 Å². The fourth-order valence-corrected chi connectivity index (χ4v) is 2.84. The third kappa shape index (κ3) is 4.11. The lowest BCUT2D eigenvalue weighted by atomic mass is 9.85. The minimum Gasteiger partial charge on any atom is -0.478 e. The van der Waals surface area contributed by atoms with Crippen LogP contribution in [0, 0.1) is 0 Å². The van der Waals surface area contributed by atoms with E-state index in [1.807, 2.05) is 0 Å². The largest absolute Gasteiger partial charge is 0.478 e. The van der Waals surface area contributed by atoms with Gasteiger partial charge in [0, 0.05) is 0 Å². The van der Waals surface area contributed by atoms with Gasteiger partial charge < -0.3 is 5.11 Å². The van der Waals surface area contributed by atoms with Gasteiger partial charge in [0.05, 0.1) is 0 Å². The number of hydrogen-bond acceptors (Lipinski definition) is 3. The normalized spacial score (nSPS) is 18.0. The molecule has 0 saturated carbocycles. The molecule has 0 rings (SSSR count). The summed E-state index contributed by atoms with van der Waals surface area (Å²) in [6.45, 7) is 0. The van der Waals surface area contributed by atoms with Gasteiger partial charge in [0.15, 0.2) is 0 Å². The number of aliphatic carboxylic acids is 1. The molecule has 0 aliphatic carbocycles. The summed E-state index contributed by atoms with van der Waals surface area (Å²) in [5.74, 6) is -88.1. The SMILES string of the molecule is O=C(O)C(F)(C(F)(F)C(F)(F)C(F)(F)C(F)(F)C(F)(F)C(F)(F)C(F)(F)C(F)(F)C(F)(F)C(F)(F)F)S(=O)(=O)O. The molecule has 1 atom stereocenters. The Morgan fingerprint density at radius 1 is 0.400 bits per heavy atom. The zero-order valence-corrected chi connectivity index (χ0v) is 17.7. The van der Waals surface area contributed by atoms with E-state index in [1.165, 1.54) is 0 Å². The van der Waals surface area contributed by atoms with Crippen molar-refractivity contribution in [3.8, 4) is 0 Å². The molecular weight excluding hydrogens is 674 g/mol. The van der Waals surface area contributed by atoms with Gasteiger partial charge in [-0.25, -0.2) is 9.18 Å². The minimum atomic E-state index is -9.61. The van der Waals surface area contributed by atoms with Crippen LogP contribution in [0.3, 0.4) is 0 Å². The monoisotopic (exact) mass is 676 g/mol. The second-order valence-electron chi connectivity index (χ2n) is 7.04. The molecule has 1 unspecified atom stereocenters. The smallest absolute Gasteiger partial charge is 0.460 e. The second-order valence-corrected chi connectivity index (χ2v) is 8.56. The van der Waals surface area contributed by atoms with Gasteiger partial charge in [0.25, 0.3) is 0 Å². The Balaban J connectivity index is 7.52. The van der Waals surface area contributed by atoms with E-state index in [4.69, 9.17) is 9.66 Å². The number of alkyl halides is 22. The summed E-state index contributed by atoms with van der Waals surface area (Å²) in [6, 6.07) is 0. The Kier molecular flexibility index (Phi) is 8.44. The van der Waals surface area contributed by atoms with E-state index in [1.54, 1.807) is 0 Å². The van der Waals surface area contributed by atoms with Crippen molar-refractivity contribution in [3.63, 3.8) is 0 Å². The predicted molar refractivity (Wildman–Crippen MR) is 73.6 cm³/mol. The van der Waals surface area contributed by atoms with E-state index in [0.29, 0.717) is 0 Å². The molecule has 0 aromatic rings. The number of carboxylic acids is 1. The van der Waals surface area contributed by atoms with Gasteiger partial charge >= 0.3 is 80.6 Å². The van der Waals surface area contributed by atoms with Crippen LogP contribution < -0.4 is 0 Å². The first-order valence-corrected chi connectivity index (χ1v) is 9.50. The van der Waals surface area contributed by atoms with Crippen molar-refractivity contribution >= 4 is 16.1 Å². The number of halogens is 22. The summed E-state index contributed by atoms with van der Waals surface area (Å²) in [4.78, 5) is 10.3. The molecule has 240 valence electrons. The van der Waals surface area contributed by atoms with Gasteiger partial charge in [-0.3, -0.25) is 4.55 Å². The standard InChI is InChI=1S/C12H2F22O5S/c13-2(1(35)36,40(37,38)39)3(14,15)4(16,17)5(18,19)6(20,21)7(22,23)8(24,25)9(26,27)10(28,29)11(30,31)12(32,33)34/h(H,35,36)(H,37,38,39). The minimum absolute atomic E-state index is 4.77. The van der Waals surface area contributed by atoms with Crippen molar-refractivity contribution < 1.29 is 119 Å². The first-order chi connectivity index (χ1) is 16.7. The fraction of sp³-hybridized carbons (Fsp3) is 0.917. The molecule has 0 amide bonds. The summed E-state index contributed by atoms with van der Waals surface area (Å²) in [6.07, 6.45) is -8.18. The number of rotatable bonds is 11. The summed E-state index contributed by atoms with van der Waals surface area (Å²) in [7, 11) is -8.17. The van der Waals surface area contributed by atoms with Crippen LogP contribution in [0.25, 0.3) is 0 Å². The number of carbonyl (C=O) groups is 1. The predicted octanol–water partition coefficient (Wildman–Crippen LogP) is 5.90. The maximum atomic E-state index is 13.7. The zero-order valence-electron chi connectivity index (χ0n) is 16.8. The molecular formula is C12H2F22O5S. The van der Waals surface area contributed by atoms with E-state index >= 15 is 0 Å². The summed E-state index contributed by atoms with van der Waals surface area (Å²) in [5, 5.41) is 0.260. The highest BCUT2D eigenvalue weighted by atomic mass is 32.2. The first-order valence-electron chi connectivity index (χ1n) is 8.06. The van der Waals surface area contributed by atoms with Crippen molar-refractivity contribution in [2.24, 2.45) is 0 Å². The van der Waals surface area contributed by atoms with Gasteiger partial charge in [-0.15, -0.1) is 0 Å². The van der Waals surface area contributed by atoms with Crippen molar-refractivity contribution in [2.75, 3.05) is 0 Å². The van der Waals surface area contributed by atoms with E-state index in [-0.39, 0.29) is 0 Å². The van der Waals surface area contributed by atoms with Crippen LogP contribution in [0.5, 0.6) is 0 Å². The highest BCUT2D eigenvalue weighted by Gasteiger charge is 2.99. The fourth-order valence-electron chi connectivity index (χ4n) is 2.17. The van der Waals surface area contributed by atoms with Gasteiger partial charge in [0.2, 0.25) is 0 Å². The Morgan fingerprint density at radius 3 is 0.725 bits per heavy atom. The van der Waals surface area contributed by atoms with Crippen molar-refractivity contribution in [1.29, 1.82) is 0 Å². The first kappa shape index (κ1) is 37.8. The molecule has 0 saturated heterocycles. The lowest BCUT2D eigenvalue weighted by Crippen LogP contribution is -2.78.